The number of fused-ring (bicyclic) bond motifs is 2. The first-order valence-corrected chi connectivity index (χ1v) is 9.26. The number of furan rings is 1. The first kappa shape index (κ1) is 17.7. The van der Waals surface area contributed by atoms with Gasteiger partial charge in [0.15, 0.2) is 5.43 Å². The first-order chi connectivity index (χ1) is 14.0. The fourth-order valence-corrected chi connectivity index (χ4v) is 3.89. The molecule has 1 amide bonds. The summed E-state index contributed by atoms with van der Waals surface area (Å²) in [5.74, 6) is -0.308. The third-order valence-electron chi connectivity index (χ3n) is 5.02. The molecule has 0 radical (unpaired) electrons. The molecule has 1 unspecified atom stereocenters. The minimum absolute atomic E-state index is 0.0225. The zero-order chi connectivity index (χ0) is 20.1. The lowest BCUT2D eigenvalue weighted by atomic mass is 9.98. The molecule has 5 rings (SSSR count). The Balaban J connectivity index is 1.75. The molecule has 3 heterocycles. The predicted octanol–water partition coefficient (Wildman–Crippen LogP) is 4.92. The highest BCUT2D eigenvalue weighted by Gasteiger charge is 2.43. The van der Waals surface area contributed by atoms with Crippen molar-refractivity contribution in [3.8, 4) is 0 Å². The summed E-state index contributed by atoms with van der Waals surface area (Å²) >= 11 is 6.05. The van der Waals surface area contributed by atoms with E-state index < -0.39 is 17.8 Å². The summed E-state index contributed by atoms with van der Waals surface area (Å²) in [5.41, 5.74) is 0.749. The van der Waals surface area contributed by atoms with E-state index in [1.54, 1.807) is 36.4 Å². The van der Waals surface area contributed by atoms with E-state index >= 15 is 0 Å². The van der Waals surface area contributed by atoms with Gasteiger partial charge >= 0.3 is 0 Å². The monoisotopic (exact) mass is 409 g/mol. The number of carbonyl (C=O) groups excluding carboxylic acids is 1. The van der Waals surface area contributed by atoms with E-state index in [9.17, 15) is 14.0 Å². The molecule has 0 bridgehead atoms. The number of nitrogens with zero attached hydrogens (tertiary/aromatic N) is 1. The molecule has 0 N–H and O–H groups in total. The van der Waals surface area contributed by atoms with Crippen LogP contribution in [0.3, 0.4) is 0 Å². The normalized spacial score (nSPS) is 15.9. The second kappa shape index (κ2) is 6.60. The fraction of sp³-hybridized carbons (Fsp3) is 0.0909. The van der Waals surface area contributed by atoms with Crippen molar-refractivity contribution >= 4 is 28.5 Å². The van der Waals surface area contributed by atoms with Crippen LogP contribution in [0.4, 0.5) is 4.39 Å². The third-order valence-corrected chi connectivity index (χ3v) is 5.25. The van der Waals surface area contributed by atoms with Crippen LogP contribution in [0.1, 0.15) is 33.5 Å². The highest BCUT2D eigenvalue weighted by atomic mass is 35.5. The van der Waals surface area contributed by atoms with Crippen LogP contribution in [-0.2, 0) is 6.54 Å². The number of carbonyl (C=O) groups is 1. The van der Waals surface area contributed by atoms with Gasteiger partial charge in [0.25, 0.3) is 5.91 Å². The van der Waals surface area contributed by atoms with E-state index in [0.29, 0.717) is 16.3 Å². The SMILES string of the molecule is O=C1c2oc3ccc(Cl)cc3c(=O)c2C(c2ccc(F)cc2)N1Cc1ccco1. The number of hydrogen-bond donors (Lipinski definition) is 0. The number of benzene rings is 2. The second-order valence-electron chi connectivity index (χ2n) is 6.78. The van der Waals surface area contributed by atoms with Crippen molar-refractivity contribution in [2.45, 2.75) is 12.6 Å². The molecular weight excluding hydrogens is 397 g/mol. The molecule has 1 atom stereocenters. The summed E-state index contributed by atoms with van der Waals surface area (Å²) in [6, 6.07) is 13.1. The van der Waals surface area contributed by atoms with Crippen LogP contribution in [0.25, 0.3) is 11.0 Å². The van der Waals surface area contributed by atoms with Gasteiger partial charge in [-0.2, -0.15) is 0 Å². The Morgan fingerprint density at radius 1 is 1.07 bits per heavy atom. The summed E-state index contributed by atoms with van der Waals surface area (Å²) in [7, 11) is 0. The molecule has 4 aromatic rings. The largest absolute Gasteiger partial charge is 0.467 e. The molecule has 0 saturated heterocycles. The molecule has 0 saturated carbocycles. The number of amides is 1. The average Bonchev–Trinajstić information content (AvgIpc) is 3.32. The van der Waals surface area contributed by atoms with Crippen molar-refractivity contribution < 1.29 is 18.0 Å². The van der Waals surface area contributed by atoms with Gasteiger partial charge in [0.2, 0.25) is 5.76 Å². The summed E-state index contributed by atoms with van der Waals surface area (Å²) in [5, 5.41) is 0.677. The third kappa shape index (κ3) is 2.84. The van der Waals surface area contributed by atoms with Crippen molar-refractivity contribution in [3.63, 3.8) is 0 Å². The lowest BCUT2D eigenvalue weighted by molar-refractivity contribution is 0.0701. The molecule has 2 aromatic carbocycles. The summed E-state index contributed by atoms with van der Waals surface area (Å²) in [6.45, 7) is 0.134. The van der Waals surface area contributed by atoms with Gasteiger partial charge in [0.05, 0.1) is 29.8 Å². The van der Waals surface area contributed by atoms with Crippen LogP contribution >= 0.6 is 11.6 Å². The Kier molecular flexibility index (Phi) is 4.03. The van der Waals surface area contributed by atoms with Crippen LogP contribution in [0.5, 0.6) is 0 Å². The van der Waals surface area contributed by atoms with Gasteiger partial charge < -0.3 is 13.7 Å². The van der Waals surface area contributed by atoms with Crippen LogP contribution in [0.2, 0.25) is 5.02 Å². The van der Waals surface area contributed by atoms with E-state index in [4.69, 9.17) is 20.4 Å². The molecule has 5 nitrogen and oxygen atoms in total. The average molecular weight is 410 g/mol. The Labute approximate surface area is 168 Å². The summed E-state index contributed by atoms with van der Waals surface area (Å²) < 4.78 is 24.7. The predicted molar refractivity (Wildman–Crippen MR) is 104 cm³/mol. The molecule has 29 heavy (non-hydrogen) atoms. The zero-order valence-electron chi connectivity index (χ0n) is 14.9. The Bertz CT molecular complexity index is 1300. The van der Waals surface area contributed by atoms with E-state index in [0.717, 1.165) is 0 Å². The lowest BCUT2D eigenvalue weighted by Crippen LogP contribution is -2.29. The minimum atomic E-state index is -0.733. The number of halogens is 2. The maximum atomic E-state index is 13.5. The van der Waals surface area contributed by atoms with Gasteiger partial charge in [-0.3, -0.25) is 9.59 Å². The van der Waals surface area contributed by atoms with Gasteiger partial charge in [-0.25, -0.2) is 4.39 Å². The highest BCUT2D eigenvalue weighted by molar-refractivity contribution is 6.31. The van der Waals surface area contributed by atoms with Gasteiger partial charge in [0.1, 0.15) is 17.2 Å². The van der Waals surface area contributed by atoms with Crippen LogP contribution in [0.15, 0.2) is 74.5 Å². The number of rotatable bonds is 3. The second-order valence-corrected chi connectivity index (χ2v) is 7.22. The van der Waals surface area contributed by atoms with Crippen molar-refractivity contribution in [2.75, 3.05) is 0 Å². The van der Waals surface area contributed by atoms with Crippen molar-refractivity contribution in [1.82, 2.24) is 4.90 Å². The standard InChI is InChI=1S/C22H13ClFNO4/c23-13-5-8-17-16(10-13)20(26)18-19(12-3-6-14(24)7-4-12)25(22(27)21(18)29-17)11-15-2-1-9-28-15/h1-10,19H,11H2. The highest BCUT2D eigenvalue weighted by Crippen LogP contribution is 2.39. The van der Waals surface area contributed by atoms with Crippen molar-refractivity contribution in [1.29, 1.82) is 0 Å². The quantitative estimate of drug-likeness (QED) is 0.481. The molecule has 0 aliphatic carbocycles. The van der Waals surface area contributed by atoms with Crippen molar-refractivity contribution in [3.05, 3.63) is 105 Å². The lowest BCUT2D eigenvalue weighted by Gasteiger charge is -2.24. The van der Waals surface area contributed by atoms with Crippen LogP contribution in [0, 0.1) is 5.82 Å². The maximum Gasteiger partial charge on any atom is 0.291 e. The fourth-order valence-electron chi connectivity index (χ4n) is 3.72. The summed E-state index contributed by atoms with van der Waals surface area (Å²) in [4.78, 5) is 28.0. The van der Waals surface area contributed by atoms with Crippen LogP contribution in [-0.4, -0.2) is 10.8 Å². The molecule has 144 valence electrons. The molecule has 0 spiro atoms. The van der Waals surface area contributed by atoms with Gasteiger partial charge in [-0.1, -0.05) is 23.7 Å². The Hall–Kier alpha value is -3.38. The maximum absolute atomic E-state index is 13.5. The molecule has 2 aromatic heterocycles. The topological polar surface area (TPSA) is 63.7 Å². The smallest absolute Gasteiger partial charge is 0.291 e. The summed E-state index contributed by atoms with van der Waals surface area (Å²) in [6.07, 6.45) is 1.51. The number of hydrogen-bond acceptors (Lipinski definition) is 4. The first-order valence-electron chi connectivity index (χ1n) is 8.88. The van der Waals surface area contributed by atoms with E-state index in [1.807, 2.05) is 0 Å². The zero-order valence-corrected chi connectivity index (χ0v) is 15.7. The van der Waals surface area contributed by atoms with E-state index in [2.05, 4.69) is 0 Å². The van der Waals surface area contributed by atoms with Gasteiger partial charge in [-0.15, -0.1) is 0 Å². The van der Waals surface area contributed by atoms with Gasteiger partial charge in [0, 0.05) is 5.02 Å². The van der Waals surface area contributed by atoms with Gasteiger partial charge in [-0.05, 0) is 48.0 Å². The molecule has 0 fully saturated rings. The van der Waals surface area contributed by atoms with Crippen LogP contribution < -0.4 is 5.43 Å². The minimum Gasteiger partial charge on any atom is -0.467 e. The molecule has 1 aliphatic heterocycles. The van der Waals surface area contributed by atoms with E-state index in [-0.39, 0.29) is 34.3 Å². The van der Waals surface area contributed by atoms with E-state index in [1.165, 1.54) is 29.4 Å². The molecule has 1 aliphatic rings. The molecular formula is C22H13ClFNO4. The Morgan fingerprint density at radius 3 is 2.59 bits per heavy atom. The Morgan fingerprint density at radius 2 is 1.86 bits per heavy atom. The molecule has 7 heteroatoms. The van der Waals surface area contributed by atoms with Crippen molar-refractivity contribution in [2.24, 2.45) is 0 Å².